The molecular formula is C25H25ClN2O. The minimum absolute atomic E-state index is 0.699. The number of benzene rings is 3. The van der Waals surface area contributed by atoms with Crippen LogP contribution in [0.4, 0.5) is 0 Å². The van der Waals surface area contributed by atoms with Crippen LogP contribution < -0.4 is 4.74 Å². The normalized spacial score (nSPS) is 11.1. The molecule has 0 N–H and O–H groups in total. The number of imidazole rings is 1. The Balaban J connectivity index is 1.75. The summed E-state index contributed by atoms with van der Waals surface area (Å²) in [6, 6.07) is 24.2. The van der Waals surface area contributed by atoms with Crippen molar-refractivity contribution in [3.63, 3.8) is 0 Å². The first-order chi connectivity index (χ1) is 14.3. The second kappa shape index (κ2) is 9.15. The van der Waals surface area contributed by atoms with Gasteiger partial charge in [0.25, 0.3) is 0 Å². The third-order valence-corrected chi connectivity index (χ3v) is 5.22. The van der Waals surface area contributed by atoms with Gasteiger partial charge in [-0.25, -0.2) is 4.98 Å². The molecule has 4 aromatic rings. The fourth-order valence-electron chi connectivity index (χ4n) is 3.52. The zero-order chi connectivity index (χ0) is 20.1. The van der Waals surface area contributed by atoms with Gasteiger partial charge in [0.2, 0.25) is 0 Å². The summed E-state index contributed by atoms with van der Waals surface area (Å²) in [5.41, 5.74) is 4.00. The van der Waals surface area contributed by atoms with Crippen molar-refractivity contribution >= 4 is 22.6 Å². The maximum atomic E-state index is 6.25. The molecule has 4 rings (SSSR count). The highest BCUT2D eigenvalue weighted by Gasteiger charge is 2.15. The van der Waals surface area contributed by atoms with Crippen LogP contribution in [0.1, 0.15) is 32.6 Å². The predicted octanol–water partition coefficient (Wildman–Crippen LogP) is 7.31. The van der Waals surface area contributed by atoms with Crippen molar-refractivity contribution in [2.75, 3.05) is 6.61 Å². The molecule has 0 bridgehead atoms. The number of hydrogen-bond donors (Lipinski definition) is 0. The third-order valence-electron chi connectivity index (χ3n) is 4.99. The van der Waals surface area contributed by atoms with Gasteiger partial charge in [0, 0.05) is 22.3 Å². The molecule has 0 aliphatic rings. The van der Waals surface area contributed by atoms with Gasteiger partial charge in [-0.3, -0.25) is 4.57 Å². The van der Waals surface area contributed by atoms with E-state index in [9.17, 15) is 0 Å². The number of unbranched alkanes of at least 4 members (excludes halogenated alkanes) is 3. The molecule has 148 valence electrons. The van der Waals surface area contributed by atoms with Crippen LogP contribution in [0.15, 0.2) is 72.8 Å². The molecule has 0 saturated heterocycles. The van der Waals surface area contributed by atoms with Crippen LogP contribution in [0, 0.1) is 0 Å². The first-order valence-electron chi connectivity index (χ1n) is 10.2. The first kappa shape index (κ1) is 19.5. The number of hydrogen-bond acceptors (Lipinski definition) is 2. The highest BCUT2D eigenvalue weighted by atomic mass is 35.5. The molecule has 0 aliphatic carbocycles. The van der Waals surface area contributed by atoms with Crippen LogP contribution in [0.2, 0.25) is 5.02 Å². The van der Waals surface area contributed by atoms with Gasteiger partial charge in [-0.05, 0) is 42.8 Å². The van der Waals surface area contributed by atoms with E-state index in [1.54, 1.807) is 0 Å². The standard InChI is InChI=1S/C25H25ClN2O/c1-2-3-4-8-16-29-22-14-15-23-24(18-22)28(21-12-6-5-7-13-21)25(27-23)19-10-9-11-20(26)17-19/h5-7,9-15,17-18H,2-4,8,16H2,1H3. The molecule has 3 nitrogen and oxygen atoms in total. The maximum Gasteiger partial charge on any atom is 0.145 e. The summed E-state index contributed by atoms with van der Waals surface area (Å²) >= 11 is 6.25. The van der Waals surface area contributed by atoms with E-state index in [2.05, 4.69) is 29.7 Å². The maximum absolute atomic E-state index is 6.25. The highest BCUT2D eigenvalue weighted by Crippen LogP contribution is 2.31. The quantitative estimate of drug-likeness (QED) is 0.288. The second-order valence-electron chi connectivity index (χ2n) is 7.18. The summed E-state index contributed by atoms with van der Waals surface area (Å²) in [5, 5.41) is 0.699. The number of rotatable bonds is 8. The van der Waals surface area contributed by atoms with Crippen molar-refractivity contribution in [1.29, 1.82) is 0 Å². The zero-order valence-electron chi connectivity index (χ0n) is 16.6. The summed E-state index contributed by atoms with van der Waals surface area (Å²) in [5.74, 6) is 1.75. The Morgan fingerprint density at radius 3 is 2.55 bits per heavy atom. The lowest BCUT2D eigenvalue weighted by Crippen LogP contribution is -1.99. The minimum Gasteiger partial charge on any atom is -0.494 e. The second-order valence-corrected chi connectivity index (χ2v) is 7.61. The monoisotopic (exact) mass is 404 g/mol. The lowest BCUT2D eigenvalue weighted by Gasteiger charge is -2.11. The smallest absolute Gasteiger partial charge is 0.145 e. The summed E-state index contributed by atoms with van der Waals surface area (Å²) in [4.78, 5) is 4.91. The number of para-hydroxylation sites is 1. The SMILES string of the molecule is CCCCCCOc1ccc2nc(-c3cccc(Cl)c3)n(-c3ccccc3)c2c1. The Morgan fingerprint density at radius 2 is 1.76 bits per heavy atom. The zero-order valence-corrected chi connectivity index (χ0v) is 17.4. The van der Waals surface area contributed by atoms with Crippen LogP contribution in [0.5, 0.6) is 5.75 Å². The van der Waals surface area contributed by atoms with Gasteiger partial charge in [-0.15, -0.1) is 0 Å². The van der Waals surface area contributed by atoms with E-state index in [0.717, 1.165) is 46.9 Å². The van der Waals surface area contributed by atoms with Crippen LogP contribution in [0.3, 0.4) is 0 Å². The Bertz CT molecular complexity index is 1090. The van der Waals surface area contributed by atoms with Crippen molar-refractivity contribution in [2.24, 2.45) is 0 Å². The number of ether oxygens (including phenoxy) is 1. The van der Waals surface area contributed by atoms with Crippen molar-refractivity contribution < 1.29 is 4.74 Å². The van der Waals surface area contributed by atoms with Gasteiger partial charge in [-0.2, -0.15) is 0 Å². The lowest BCUT2D eigenvalue weighted by molar-refractivity contribution is 0.305. The number of nitrogens with zero attached hydrogens (tertiary/aromatic N) is 2. The van der Waals surface area contributed by atoms with Gasteiger partial charge < -0.3 is 4.74 Å². The molecule has 0 radical (unpaired) electrons. The van der Waals surface area contributed by atoms with E-state index in [0.29, 0.717) is 5.02 Å². The topological polar surface area (TPSA) is 27.1 Å². The molecule has 0 saturated carbocycles. The average Bonchev–Trinajstić information content (AvgIpc) is 3.13. The summed E-state index contributed by atoms with van der Waals surface area (Å²) in [6.07, 6.45) is 4.78. The molecule has 0 aliphatic heterocycles. The molecule has 29 heavy (non-hydrogen) atoms. The van der Waals surface area contributed by atoms with Gasteiger partial charge in [0.1, 0.15) is 11.6 Å². The van der Waals surface area contributed by atoms with Gasteiger partial charge in [0.05, 0.1) is 17.6 Å². The van der Waals surface area contributed by atoms with E-state index < -0.39 is 0 Å². The molecule has 0 fully saturated rings. The van der Waals surface area contributed by atoms with Crippen LogP contribution >= 0.6 is 11.6 Å². The number of fused-ring (bicyclic) bond motifs is 1. The number of aromatic nitrogens is 2. The van der Waals surface area contributed by atoms with E-state index in [1.807, 2.05) is 54.6 Å². The first-order valence-corrected chi connectivity index (χ1v) is 10.6. The van der Waals surface area contributed by atoms with Crippen molar-refractivity contribution in [2.45, 2.75) is 32.6 Å². The van der Waals surface area contributed by atoms with Crippen molar-refractivity contribution in [3.05, 3.63) is 77.8 Å². The molecule has 3 aromatic carbocycles. The molecule has 4 heteroatoms. The fraction of sp³-hybridized carbons (Fsp3) is 0.240. The Kier molecular flexibility index (Phi) is 6.16. The lowest BCUT2D eigenvalue weighted by atomic mass is 10.2. The summed E-state index contributed by atoms with van der Waals surface area (Å²) in [7, 11) is 0. The molecule has 1 heterocycles. The van der Waals surface area contributed by atoms with E-state index in [1.165, 1.54) is 19.3 Å². The summed E-state index contributed by atoms with van der Waals surface area (Å²) < 4.78 is 8.19. The number of halogens is 1. The molecule has 1 aromatic heterocycles. The fourth-order valence-corrected chi connectivity index (χ4v) is 3.71. The molecular weight excluding hydrogens is 380 g/mol. The third kappa shape index (κ3) is 4.46. The van der Waals surface area contributed by atoms with Crippen LogP contribution in [0.25, 0.3) is 28.1 Å². The summed E-state index contributed by atoms with van der Waals surface area (Å²) in [6.45, 7) is 2.96. The van der Waals surface area contributed by atoms with Crippen molar-refractivity contribution in [1.82, 2.24) is 9.55 Å². The van der Waals surface area contributed by atoms with E-state index in [4.69, 9.17) is 21.3 Å². The Morgan fingerprint density at radius 1 is 0.897 bits per heavy atom. The van der Waals surface area contributed by atoms with E-state index >= 15 is 0 Å². The predicted molar refractivity (Wildman–Crippen MR) is 121 cm³/mol. The Labute approximate surface area is 176 Å². The Hall–Kier alpha value is -2.78. The van der Waals surface area contributed by atoms with E-state index in [-0.39, 0.29) is 0 Å². The van der Waals surface area contributed by atoms with Crippen molar-refractivity contribution in [3.8, 4) is 22.8 Å². The highest BCUT2D eigenvalue weighted by molar-refractivity contribution is 6.30. The molecule has 0 unspecified atom stereocenters. The minimum atomic E-state index is 0.699. The van der Waals surface area contributed by atoms with Gasteiger partial charge in [-0.1, -0.05) is 68.1 Å². The largest absolute Gasteiger partial charge is 0.494 e. The van der Waals surface area contributed by atoms with Gasteiger partial charge >= 0.3 is 0 Å². The van der Waals surface area contributed by atoms with Gasteiger partial charge in [0.15, 0.2) is 0 Å². The molecule has 0 spiro atoms. The van der Waals surface area contributed by atoms with Crippen LogP contribution in [-0.4, -0.2) is 16.2 Å². The molecule has 0 atom stereocenters. The molecule has 0 amide bonds. The van der Waals surface area contributed by atoms with Crippen LogP contribution in [-0.2, 0) is 0 Å². The average molecular weight is 405 g/mol.